The lowest BCUT2D eigenvalue weighted by Gasteiger charge is -2.15. The molecular formula is C15H18O6. The molecule has 0 heterocycles. The Morgan fingerprint density at radius 2 is 1.62 bits per heavy atom. The van der Waals surface area contributed by atoms with E-state index in [1.807, 2.05) is 0 Å². The van der Waals surface area contributed by atoms with Gasteiger partial charge in [0.15, 0.2) is 5.78 Å². The fourth-order valence-corrected chi connectivity index (χ4v) is 1.42. The third-order valence-electron chi connectivity index (χ3n) is 2.48. The van der Waals surface area contributed by atoms with Crippen LogP contribution in [-0.2, 0) is 14.3 Å². The number of carbonyl (C=O) groups excluding carboxylic acids is 3. The second kappa shape index (κ2) is 7.42. The summed E-state index contributed by atoms with van der Waals surface area (Å²) in [6.45, 7) is 6.09. The Balaban J connectivity index is 2.62. The van der Waals surface area contributed by atoms with Crippen LogP contribution in [0.1, 0.15) is 38.1 Å². The zero-order valence-corrected chi connectivity index (χ0v) is 12.4. The smallest absolute Gasteiger partial charge is 0.425 e. The first-order chi connectivity index (χ1) is 9.81. The minimum atomic E-state index is -1.07. The number of carbonyl (C=O) groups is 3. The first-order valence-electron chi connectivity index (χ1n) is 6.50. The van der Waals surface area contributed by atoms with E-state index in [0.717, 1.165) is 0 Å². The van der Waals surface area contributed by atoms with Crippen LogP contribution in [-0.4, -0.2) is 24.2 Å². The molecule has 1 aromatic rings. The molecule has 1 atom stereocenters. The van der Waals surface area contributed by atoms with Crippen LogP contribution in [0.25, 0.3) is 0 Å². The number of para-hydroxylation sites is 1. The molecule has 0 fully saturated rings. The minimum Gasteiger partial charge on any atom is -0.425 e. The fraction of sp³-hybridized carbons (Fsp3) is 0.400. The van der Waals surface area contributed by atoms with Crippen molar-refractivity contribution in [3.05, 3.63) is 29.8 Å². The number of benzene rings is 1. The van der Waals surface area contributed by atoms with Gasteiger partial charge < -0.3 is 14.2 Å². The maximum Gasteiger partial charge on any atom is 0.516 e. The van der Waals surface area contributed by atoms with Crippen LogP contribution >= 0.6 is 0 Å². The number of hydrogen-bond donors (Lipinski definition) is 0. The lowest BCUT2D eigenvalue weighted by molar-refractivity contribution is -0.170. The van der Waals surface area contributed by atoms with Crippen LogP contribution in [0.15, 0.2) is 24.3 Å². The van der Waals surface area contributed by atoms with E-state index < -0.39 is 18.4 Å². The number of esters is 1. The third-order valence-corrected chi connectivity index (χ3v) is 2.48. The molecule has 0 amide bonds. The van der Waals surface area contributed by atoms with Crippen molar-refractivity contribution in [1.82, 2.24) is 0 Å². The standard InChI is InChI=1S/C15H18O6/c1-9(2)14(17)19-11(4)20-15(18)21-13-8-6-5-7-12(13)10(3)16/h5-9,11H,1-4H3/t11-/m1/s1. The van der Waals surface area contributed by atoms with Crippen molar-refractivity contribution in [2.75, 3.05) is 0 Å². The average Bonchev–Trinajstić information content (AvgIpc) is 2.38. The first-order valence-corrected chi connectivity index (χ1v) is 6.50. The summed E-state index contributed by atoms with van der Waals surface area (Å²) >= 11 is 0. The Bertz CT molecular complexity index is 535. The minimum absolute atomic E-state index is 0.0948. The van der Waals surface area contributed by atoms with Crippen LogP contribution in [0.2, 0.25) is 0 Å². The van der Waals surface area contributed by atoms with E-state index in [0.29, 0.717) is 0 Å². The van der Waals surface area contributed by atoms with E-state index in [1.54, 1.807) is 26.0 Å². The van der Waals surface area contributed by atoms with Crippen molar-refractivity contribution in [3.63, 3.8) is 0 Å². The fourth-order valence-electron chi connectivity index (χ4n) is 1.42. The molecule has 0 aliphatic carbocycles. The van der Waals surface area contributed by atoms with Gasteiger partial charge in [0.2, 0.25) is 6.29 Å². The van der Waals surface area contributed by atoms with E-state index in [-0.39, 0.29) is 23.0 Å². The summed E-state index contributed by atoms with van der Waals surface area (Å²) in [4.78, 5) is 34.3. The lowest BCUT2D eigenvalue weighted by atomic mass is 10.1. The van der Waals surface area contributed by atoms with E-state index in [1.165, 1.54) is 26.0 Å². The van der Waals surface area contributed by atoms with Crippen molar-refractivity contribution in [2.45, 2.75) is 34.0 Å². The summed E-state index contributed by atoms with van der Waals surface area (Å²) in [7, 11) is 0. The summed E-state index contributed by atoms with van der Waals surface area (Å²) in [6, 6.07) is 6.29. The Hall–Kier alpha value is -2.37. The summed E-state index contributed by atoms with van der Waals surface area (Å²) in [5.74, 6) is -0.958. The molecule has 0 unspecified atom stereocenters. The quantitative estimate of drug-likeness (QED) is 0.359. The van der Waals surface area contributed by atoms with Gasteiger partial charge in [-0.3, -0.25) is 9.59 Å². The highest BCUT2D eigenvalue weighted by Gasteiger charge is 2.19. The third kappa shape index (κ3) is 5.25. The molecule has 21 heavy (non-hydrogen) atoms. The monoisotopic (exact) mass is 294 g/mol. The summed E-state index contributed by atoms with van der Waals surface area (Å²) < 4.78 is 14.6. The van der Waals surface area contributed by atoms with Gasteiger partial charge in [0.1, 0.15) is 5.75 Å². The second-order valence-corrected chi connectivity index (χ2v) is 4.68. The molecule has 6 heteroatoms. The van der Waals surface area contributed by atoms with Gasteiger partial charge >= 0.3 is 12.1 Å². The number of Topliss-reactive ketones (excluding diaryl/α,β-unsaturated/α-hetero) is 1. The maximum absolute atomic E-state index is 11.6. The molecule has 0 aromatic heterocycles. The predicted molar refractivity (Wildman–Crippen MR) is 73.9 cm³/mol. The molecule has 1 rings (SSSR count). The topological polar surface area (TPSA) is 78.9 Å². The van der Waals surface area contributed by atoms with Gasteiger partial charge in [0.05, 0.1) is 11.5 Å². The molecule has 114 valence electrons. The van der Waals surface area contributed by atoms with Gasteiger partial charge in [-0.25, -0.2) is 4.79 Å². The summed E-state index contributed by atoms with van der Waals surface area (Å²) in [5, 5.41) is 0. The molecule has 0 aliphatic heterocycles. The van der Waals surface area contributed by atoms with E-state index >= 15 is 0 Å². The number of ketones is 1. The molecule has 0 aliphatic rings. The molecule has 0 bridgehead atoms. The van der Waals surface area contributed by atoms with Gasteiger partial charge in [0.25, 0.3) is 0 Å². The van der Waals surface area contributed by atoms with Crippen molar-refractivity contribution in [2.24, 2.45) is 5.92 Å². The molecule has 0 radical (unpaired) electrons. The van der Waals surface area contributed by atoms with Gasteiger partial charge in [-0.2, -0.15) is 0 Å². The number of hydrogen-bond acceptors (Lipinski definition) is 6. The Labute approximate surface area is 123 Å². The van der Waals surface area contributed by atoms with Crippen molar-refractivity contribution in [3.8, 4) is 5.75 Å². The van der Waals surface area contributed by atoms with Gasteiger partial charge in [0, 0.05) is 6.92 Å². The van der Waals surface area contributed by atoms with Crippen molar-refractivity contribution < 1.29 is 28.6 Å². The molecule has 0 spiro atoms. The largest absolute Gasteiger partial charge is 0.516 e. The average molecular weight is 294 g/mol. The van der Waals surface area contributed by atoms with Gasteiger partial charge in [-0.05, 0) is 19.1 Å². The molecule has 0 N–H and O–H groups in total. The normalized spacial score (nSPS) is 11.7. The summed E-state index contributed by atoms with van der Waals surface area (Å²) in [6.07, 6.45) is -2.12. The van der Waals surface area contributed by atoms with Crippen LogP contribution in [0.5, 0.6) is 5.75 Å². The van der Waals surface area contributed by atoms with Crippen LogP contribution in [0, 0.1) is 5.92 Å². The van der Waals surface area contributed by atoms with Crippen molar-refractivity contribution >= 4 is 17.9 Å². The zero-order chi connectivity index (χ0) is 16.0. The maximum atomic E-state index is 11.6. The second-order valence-electron chi connectivity index (χ2n) is 4.68. The Kier molecular flexibility index (Phi) is 5.90. The zero-order valence-electron chi connectivity index (χ0n) is 12.4. The summed E-state index contributed by atoms with van der Waals surface area (Å²) in [5.41, 5.74) is 0.265. The SMILES string of the molecule is CC(=O)c1ccccc1OC(=O)O[C@H](C)OC(=O)C(C)C. The predicted octanol–water partition coefficient (Wildman–Crippen LogP) is 2.95. The van der Waals surface area contributed by atoms with Crippen LogP contribution in [0.3, 0.4) is 0 Å². The highest BCUT2D eigenvalue weighted by Crippen LogP contribution is 2.19. The van der Waals surface area contributed by atoms with Crippen LogP contribution in [0.4, 0.5) is 4.79 Å². The lowest BCUT2D eigenvalue weighted by Crippen LogP contribution is -2.25. The number of rotatable bonds is 5. The molecule has 1 aromatic carbocycles. The molecule has 0 saturated carbocycles. The highest BCUT2D eigenvalue weighted by molar-refractivity contribution is 5.97. The van der Waals surface area contributed by atoms with Crippen molar-refractivity contribution in [1.29, 1.82) is 0 Å². The molecule has 0 saturated heterocycles. The van der Waals surface area contributed by atoms with E-state index in [4.69, 9.17) is 14.2 Å². The van der Waals surface area contributed by atoms with Crippen LogP contribution < -0.4 is 4.74 Å². The molecular weight excluding hydrogens is 276 g/mol. The Morgan fingerprint density at radius 1 is 1.00 bits per heavy atom. The van der Waals surface area contributed by atoms with E-state index in [9.17, 15) is 14.4 Å². The van der Waals surface area contributed by atoms with Gasteiger partial charge in [-0.15, -0.1) is 0 Å². The van der Waals surface area contributed by atoms with E-state index in [2.05, 4.69) is 0 Å². The molecule has 6 nitrogen and oxygen atoms in total. The number of ether oxygens (including phenoxy) is 3. The first kappa shape index (κ1) is 16.7. The van der Waals surface area contributed by atoms with Gasteiger partial charge in [-0.1, -0.05) is 26.0 Å². The highest BCUT2D eigenvalue weighted by atomic mass is 16.8. The Morgan fingerprint density at radius 3 is 2.19 bits per heavy atom.